The van der Waals surface area contributed by atoms with Crippen LogP contribution in [0.3, 0.4) is 0 Å². The topological polar surface area (TPSA) is 152 Å². The molecule has 13 heteroatoms. The van der Waals surface area contributed by atoms with Gasteiger partial charge in [-0.25, -0.2) is 0 Å². The van der Waals surface area contributed by atoms with Gasteiger partial charge in [0.1, 0.15) is 49.9 Å². The molecule has 0 aromatic heterocycles. The number of hydrogen-bond acceptors (Lipinski definition) is 12. The lowest BCUT2D eigenvalue weighted by atomic mass is 9.86. The fraction of sp³-hybridized carbons (Fsp3) is 0.680. The third-order valence-corrected chi connectivity index (χ3v) is 7.81. The maximum absolute atomic E-state index is 13.7. The van der Waals surface area contributed by atoms with Gasteiger partial charge in [0.25, 0.3) is 5.91 Å². The summed E-state index contributed by atoms with van der Waals surface area (Å²) in [7, 11) is 1.46. The number of amides is 1. The monoisotopic (exact) mass is 537 g/mol. The standard InChI is InChI=1S/C25H31NO12/c1-31-21-19(8-27)38-25(23-22(21)35-9-32-10-36-23)37-18-6-15(28)13-2-3-26(24(30)20(18)29)7-12-4-16-17(5-14(12)13)34-11-33-16/h4-5,13,18-23,25,27,29H,2-3,6-11H2,1H3/t13-,18-,19-,20+,21-,22+,23-,25-/m1/s1. The predicted octanol–water partition coefficient (Wildman–Crippen LogP) is -0.602. The van der Waals surface area contributed by atoms with Gasteiger partial charge in [-0.1, -0.05) is 0 Å². The van der Waals surface area contributed by atoms with Crippen LogP contribution in [0.15, 0.2) is 12.1 Å². The van der Waals surface area contributed by atoms with E-state index in [0.29, 0.717) is 24.5 Å². The molecule has 208 valence electrons. The fourth-order valence-corrected chi connectivity index (χ4v) is 5.88. The van der Waals surface area contributed by atoms with E-state index >= 15 is 0 Å². The molecule has 1 amide bonds. The van der Waals surface area contributed by atoms with Gasteiger partial charge in [0.15, 0.2) is 23.9 Å². The number of rotatable bonds is 4. The number of methoxy groups -OCH3 is 1. The fourth-order valence-electron chi connectivity index (χ4n) is 5.88. The van der Waals surface area contributed by atoms with Crippen molar-refractivity contribution in [1.29, 1.82) is 0 Å². The number of aliphatic hydroxyl groups is 2. The van der Waals surface area contributed by atoms with Gasteiger partial charge < -0.3 is 53.0 Å². The van der Waals surface area contributed by atoms with E-state index in [1.54, 1.807) is 6.07 Å². The molecule has 6 rings (SSSR count). The summed E-state index contributed by atoms with van der Waals surface area (Å²) in [6.07, 6.45) is -7.00. The molecule has 5 aliphatic heterocycles. The van der Waals surface area contributed by atoms with Gasteiger partial charge in [0, 0.05) is 32.5 Å². The van der Waals surface area contributed by atoms with Crippen molar-refractivity contribution in [2.75, 3.05) is 40.6 Å². The van der Waals surface area contributed by atoms with Crippen molar-refractivity contribution in [3.05, 3.63) is 23.3 Å². The van der Waals surface area contributed by atoms with E-state index in [4.69, 9.17) is 37.9 Å². The first-order chi connectivity index (χ1) is 18.5. The number of ether oxygens (including phenoxy) is 8. The van der Waals surface area contributed by atoms with Crippen LogP contribution in [0.4, 0.5) is 0 Å². The minimum Gasteiger partial charge on any atom is -0.454 e. The van der Waals surface area contributed by atoms with Crippen LogP contribution >= 0.6 is 0 Å². The van der Waals surface area contributed by atoms with Crippen molar-refractivity contribution in [3.8, 4) is 11.5 Å². The van der Waals surface area contributed by atoms with Crippen molar-refractivity contribution in [2.45, 2.75) is 68.2 Å². The molecule has 0 aliphatic carbocycles. The second-order valence-electron chi connectivity index (χ2n) is 9.92. The van der Waals surface area contributed by atoms with Crippen LogP contribution in [-0.4, -0.2) is 110 Å². The number of ketones is 1. The first kappa shape index (κ1) is 25.9. The van der Waals surface area contributed by atoms with E-state index < -0.39 is 61.3 Å². The third-order valence-electron chi connectivity index (χ3n) is 7.81. The Balaban J connectivity index is 1.30. The van der Waals surface area contributed by atoms with Crippen molar-refractivity contribution >= 4 is 11.7 Å². The molecule has 5 aliphatic rings. The largest absolute Gasteiger partial charge is 0.454 e. The Hall–Kier alpha value is -2.36. The highest BCUT2D eigenvalue weighted by molar-refractivity contribution is 5.90. The van der Waals surface area contributed by atoms with Crippen molar-refractivity contribution in [1.82, 2.24) is 4.90 Å². The van der Waals surface area contributed by atoms with Crippen LogP contribution in [0.5, 0.6) is 11.5 Å². The molecule has 3 fully saturated rings. The molecule has 0 unspecified atom stereocenters. The van der Waals surface area contributed by atoms with E-state index in [9.17, 15) is 19.8 Å². The summed E-state index contributed by atoms with van der Waals surface area (Å²) in [4.78, 5) is 28.7. The average molecular weight is 538 g/mol. The van der Waals surface area contributed by atoms with Crippen LogP contribution in [0.25, 0.3) is 0 Å². The molecule has 5 heterocycles. The van der Waals surface area contributed by atoms with Gasteiger partial charge in [-0.2, -0.15) is 0 Å². The van der Waals surface area contributed by atoms with E-state index in [2.05, 4.69) is 0 Å². The molecule has 0 radical (unpaired) electrons. The van der Waals surface area contributed by atoms with Gasteiger partial charge in [-0.15, -0.1) is 0 Å². The predicted molar refractivity (Wildman–Crippen MR) is 123 cm³/mol. The SMILES string of the molecule is CO[C@H]1[C@@H]2OCOCO[C@H]2[C@H](O[C@@H]2CC(=O)[C@@H]3CCN(Cc4cc5c(cc43)OCO5)C(=O)[C@H]2O)O[C@@H]1CO. The van der Waals surface area contributed by atoms with Crippen molar-refractivity contribution in [2.24, 2.45) is 0 Å². The maximum Gasteiger partial charge on any atom is 0.254 e. The minimum atomic E-state index is -1.63. The van der Waals surface area contributed by atoms with E-state index in [-0.39, 0.29) is 39.1 Å². The summed E-state index contributed by atoms with van der Waals surface area (Å²) < 4.78 is 45.4. The molecule has 1 aromatic rings. The highest BCUT2D eigenvalue weighted by atomic mass is 16.8. The van der Waals surface area contributed by atoms with Gasteiger partial charge in [-0.05, 0) is 29.7 Å². The molecule has 0 spiro atoms. The number of hydrogen-bond donors (Lipinski definition) is 2. The zero-order chi connectivity index (χ0) is 26.4. The van der Waals surface area contributed by atoms with E-state index in [0.717, 1.165) is 11.1 Å². The number of Topliss-reactive ketones (excluding diaryl/α,β-unsaturated/α-hetero) is 1. The Bertz CT molecular complexity index is 1070. The summed E-state index contributed by atoms with van der Waals surface area (Å²) >= 11 is 0. The second kappa shape index (κ2) is 10.7. The van der Waals surface area contributed by atoms with E-state index in [1.807, 2.05) is 6.07 Å². The number of carbonyl (C=O) groups is 2. The average Bonchev–Trinajstić information content (AvgIpc) is 3.13. The smallest absolute Gasteiger partial charge is 0.254 e. The van der Waals surface area contributed by atoms with Gasteiger partial charge in [0.05, 0.1) is 6.61 Å². The molecule has 1 aromatic carbocycles. The second-order valence-corrected chi connectivity index (χ2v) is 9.92. The third kappa shape index (κ3) is 4.56. The van der Waals surface area contributed by atoms with Crippen molar-refractivity contribution in [3.63, 3.8) is 0 Å². The Morgan fingerprint density at radius 3 is 2.61 bits per heavy atom. The molecule has 38 heavy (non-hydrogen) atoms. The zero-order valence-corrected chi connectivity index (χ0v) is 20.9. The van der Waals surface area contributed by atoms with Crippen LogP contribution in [-0.2, 0) is 44.6 Å². The van der Waals surface area contributed by atoms with Crippen LogP contribution in [0.1, 0.15) is 29.9 Å². The van der Waals surface area contributed by atoms with Crippen molar-refractivity contribution < 1.29 is 57.7 Å². The highest BCUT2D eigenvalue weighted by Gasteiger charge is 2.51. The molecule has 0 saturated carbocycles. The Morgan fingerprint density at radius 2 is 1.84 bits per heavy atom. The molecule has 13 nitrogen and oxygen atoms in total. The molecule has 3 saturated heterocycles. The minimum absolute atomic E-state index is 0.0660. The van der Waals surface area contributed by atoms with Crippen LogP contribution in [0.2, 0.25) is 0 Å². The summed E-state index contributed by atoms with van der Waals surface area (Å²) in [6.45, 7) is 0.00916. The zero-order valence-electron chi connectivity index (χ0n) is 20.9. The van der Waals surface area contributed by atoms with Gasteiger partial charge >= 0.3 is 0 Å². The summed E-state index contributed by atoms with van der Waals surface area (Å²) in [5, 5.41) is 21.1. The lowest BCUT2D eigenvalue weighted by Crippen LogP contribution is -2.62. The Kier molecular flexibility index (Phi) is 7.26. The summed E-state index contributed by atoms with van der Waals surface area (Å²) in [6, 6.07) is 3.61. The van der Waals surface area contributed by atoms with E-state index in [1.165, 1.54) is 12.0 Å². The number of benzene rings is 1. The quantitative estimate of drug-likeness (QED) is 0.504. The lowest BCUT2D eigenvalue weighted by Gasteiger charge is -2.44. The molecular formula is C25H31NO12. The molecular weight excluding hydrogens is 506 g/mol. The first-order valence-corrected chi connectivity index (χ1v) is 12.7. The number of carbonyl (C=O) groups excluding carboxylic acids is 2. The normalized spacial score (nSPS) is 37.0. The Labute approximate surface area is 218 Å². The number of aliphatic hydroxyl groups excluding tert-OH is 2. The molecule has 2 N–H and O–H groups in total. The highest BCUT2D eigenvalue weighted by Crippen LogP contribution is 2.42. The molecule has 8 atom stereocenters. The van der Waals surface area contributed by atoms with Crippen LogP contribution < -0.4 is 9.47 Å². The number of fused-ring (bicyclic) bond motifs is 7. The maximum atomic E-state index is 13.7. The Morgan fingerprint density at radius 1 is 1.08 bits per heavy atom. The summed E-state index contributed by atoms with van der Waals surface area (Å²) in [5.74, 6) is -0.149. The lowest BCUT2D eigenvalue weighted by molar-refractivity contribution is -0.325. The molecule has 2 bridgehead atoms. The van der Waals surface area contributed by atoms with Gasteiger partial charge in [-0.3, -0.25) is 9.59 Å². The van der Waals surface area contributed by atoms with Crippen LogP contribution in [0, 0.1) is 0 Å². The summed E-state index contributed by atoms with van der Waals surface area (Å²) in [5.41, 5.74) is 1.56. The van der Waals surface area contributed by atoms with Gasteiger partial charge in [0.2, 0.25) is 6.79 Å². The number of nitrogens with zero attached hydrogens (tertiary/aromatic N) is 1. The first-order valence-electron chi connectivity index (χ1n) is 12.7.